The normalized spacial score (nSPS) is 11.7. The number of aromatic amines is 2. The van der Waals surface area contributed by atoms with Gasteiger partial charge in [-0.1, -0.05) is 11.6 Å². The summed E-state index contributed by atoms with van der Waals surface area (Å²) >= 11 is 6.13. The van der Waals surface area contributed by atoms with Gasteiger partial charge < -0.3 is 15.3 Å². The number of anilines is 1. The molecule has 0 aliphatic carbocycles. The summed E-state index contributed by atoms with van der Waals surface area (Å²) in [4.78, 5) is 33.3. The molecular weight excluding hydrogens is 459 g/mol. The van der Waals surface area contributed by atoms with E-state index in [9.17, 15) is 31.5 Å². The van der Waals surface area contributed by atoms with Gasteiger partial charge in [0.1, 0.15) is 17.3 Å². The number of alkyl halides is 3. The van der Waals surface area contributed by atoms with Gasteiger partial charge in [0.05, 0.1) is 27.4 Å². The Kier molecular flexibility index (Phi) is 5.21. The quantitative estimate of drug-likeness (QED) is 0.364. The molecule has 0 saturated carbocycles. The highest BCUT2D eigenvalue weighted by Gasteiger charge is 2.32. The zero-order valence-corrected chi connectivity index (χ0v) is 16.3. The van der Waals surface area contributed by atoms with Gasteiger partial charge in [0.25, 0.3) is 5.91 Å². The average molecular weight is 469 g/mol. The molecule has 3 N–H and O–H groups in total. The Morgan fingerprint density at radius 3 is 2.53 bits per heavy atom. The summed E-state index contributed by atoms with van der Waals surface area (Å²) < 4.78 is 66.3. The van der Waals surface area contributed by atoms with Gasteiger partial charge in [-0.05, 0) is 36.4 Å². The van der Waals surface area contributed by atoms with Crippen LogP contribution >= 0.6 is 11.6 Å². The van der Waals surface area contributed by atoms with E-state index in [1.807, 2.05) is 0 Å². The van der Waals surface area contributed by atoms with Crippen LogP contribution in [0.5, 0.6) is 0 Å². The van der Waals surface area contributed by atoms with Crippen molar-refractivity contribution in [1.82, 2.24) is 15.0 Å². The Bertz CT molecular complexity index is 1430. The molecule has 0 fully saturated rings. The van der Waals surface area contributed by atoms with E-state index < -0.39 is 40.5 Å². The molecule has 164 valence electrons. The number of H-pyrrole nitrogens is 2. The first-order valence-corrected chi connectivity index (χ1v) is 9.16. The lowest BCUT2D eigenvalue weighted by atomic mass is 10.1. The van der Waals surface area contributed by atoms with Crippen LogP contribution < -0.4 is 11.0 Å². The number of nitrogens with one attached hydrogen (secondary N) is 3. The molecule has 4 aromatic rings. The van der Waals surface area contributed by atoms with Crippen LogP contribution in [-0.4, -0.2) is 20.9 Å². The van der Waals surface area contributed by atoms with Crippen LogP contribution in [0.3, 0.4) is 0 Å². The van der Waals surface area contributed by atoms with Crippen molar-refractivity contribution in [2.75, 3.05) is 5.32 Å². The molecule has 12 heteroatoms. The maximum Gasteiger partial charge on any atom is 0.416 e. The lowest BCUT2D eigenvalue weighted by molar-refractivity contribution is -0.137. The minimum absolute atomic E-state index is 0.00500. The molecule has 2 aromatic carbocycles. The Morgan fingerprint density at radius 2 is 1.81 bits per heavy atom. The molecule has 0 saturated heterocycles. The fraction of sp³-hybridized carbons (Fsp3) is 0.0500. The molecule has 1 amide bonds. The molecule has 0 spiro atoms. The second kappa shape index (κ2) is 7.75. The highest BCUT2D eigenvalue weighted by atomic mass is 35.5. The number of benzene rings is 2. The largest absolute Gasteiger partial charge is 0.416 e. The van der Waals surface area contributed by atoms with Gasteiger partial charge in [0.2, 0.25) is 0 Å². The van der Waals surface area contributed by atoms with Gasteiger partial charge in [-0.3, -0.25) is 4.79 Å². The van der Waals surface area contributed by atoms with Crippen LogP contribution in [0.1, 0.15) is 15.9 Å². The molecule has 0 atom stereocenters. The van der Waals surface area contributed by atoms with E-state index in [0.717, 1.165) is 12.1 Å². The third-order valence-corrected chi connectivity index (χ3v) is 4.82. The van der Waals surface area contributed by atoms with Crippen molar-refractivity contribution >= 4 is 34.2 Å². The standard InChI is InChI=1S/C20H10ClF5N4O2/c21-13-2-1-10(22)6-12(13)16-15-14(7-27-17(15)30-19(32)29-16)28-18(31)8-3-9(20(24,25)26)5-11(23)4-8/h1-7H,(H,28,31)(H2,27,29,30,32). The van der Waals surface area contributed by atoms with Crippen LogP contribution in [0, 0.1) is 11.6 Å². The van der Waals surface area contributed by atoms with Crippen molar-refractivity contribution in [1.29, 1.82) is 0 Å². The first-order chi connectivity index (χ1) is 15.0. The number of aromatic nitrogens is 3. The number of nitrogens with zero attached hydrogens (tertiary/aromatic N) is 1. The van der Waals surface area contributed by atoms with Crippen LogP contribution in [0.15, 0.2) is 47.4 Å². The molecule has 32 heavy (non-hydrogen) atoms. The predicted molar refractivity (Wildman–Crippen MR) is 106 cm³/mol. The topological polar surface area (TPSA) is 90.6 Å². The molecule has 2 heterocycles. The van der Waals surface area contributed by atoms with E-state index in [-0.39, 0.29) is 39.1 Å². The maximum atomic E-state index is 13.8. The number of halogens is 6. The first-order valence-electron chi connectivity index (χ1n) is 8.79. The minimum atomic E-state index is -4.86. The van der Waals surface area contributed by atoms with E-state index in [1.54, 1.807) is 0 Å². The maximum absolute atomic E-state index is 13.8. The zero-order valence-electron chi connectivity index (χ0n) is 15.6. The van der Waals surface area contributed by atoms with Crippen LogP contribution in [0.2, 0.25) is 5.02 Å². The second-order valence-corrected chi connectivity index (χ2v) is 7.05. The van der Waals surface area contributed by atoms with Gasteiger partial charge in [0, 0.05) is 17.3 Å². The number of fused-ring (bicyclic) bond motifs is 1. The molecule has 0 unspecified atom stereocenters. The molecular formula is C20H10ClF5N4O2. The van der Waals surface area contributed by atoms with Gasteiger partial charge >= 0.3 is 11.9 Å². The lowest BCUT2D eigenvalue weighted by Crippen LogP contribution is -2.15. The van der Waals surface area contributed by atoms with Gasteiger partial charge in [0.15, 0.2) is 0 Å². The summed E-state index contributed by atoms with van der Waals surface area (Å²) in [6.45, 7) is 0. The predicted octanol–water partition coefficient (Wildman–Crippen LogP) is 5.12. The van der Waals surface area contributed by atoms with E-state index in [0.29, 0.717) is 12.1 Å². The summed E-state index contributed by atoms with van der Waals surface area (Å²) in [5, 5.41) is 2.53. The summed E-state index contributed by atoms with van der Waals surface area (Å²) in [7, 11) is 0. The van der Waals surface area contributed by atoms with Crippen molar-refractivity contribution in [3.63, 3.8) is 0 Å². The zero-order chi connectivity index (χ0) is 23.2. The second-order valence-electron chi connectivity index (χ2n) is 6.65. The Morgan fingerprint density at radius 1 is 1.06 bits per heavy atom. The molecule has 0 bridgehead atoms. The fourth-order valence-corrected chi connectivity index (χ4v) is 3.33. The Labute approximate surface area is 180 Å². The molecule has 2 aromatic heterocycles. The number of hydrogen-bond acceptors (Lipinski definition) is 3. The summed E-state index contributed by atoms with van der Waals surface area (Å²) in [6.07, 6.45) is -3.63. The SMILES string of the molecule is O=C(Nc1c[nH]c2nc(=O)[nH]c(-c3cc(F)ccc3Cl)c12)c1cc(F)cc(C(F)(F)F)c1. The summed E-state index contributed by atoms with van der Waals surface area (Å²) in [6, 6.07) is 4.81. The molecule has 0 radical (unpaired) electrons. The fourth-order valence-electron chi connectivity index (χ4n) is 3.12. The third-order valence-electron chi connectivity index (χ3n) is 4.49. The average Bonchev–Trinajstić information content (AvgIpc) is 3.10. The Hall–Kier alpha value is -3.73. The monoisotopic (exact) mass is 468 g/mol. The summed E-state index contributed by atoms with van der Waals surface area (Å²) in [5.74, 6) is -2.96. The van der Waals surface area contributed by atoms with Crippen molar-refractivity contribution in [3.05, 3.63) is 80.9 Å². The van der Waals surface area contributed by atoms with E-state index in [4.69, 9.17) is 11.6 Å². The van der Waals surface area contributed by atoms with Crippen LogP contribution in [-0.2, 0) is 6.18 Å². The molecule has 0 aliphatic rings. The van der Waals surface area contributed by atoms with E-state index in [1.165, 1.54) is 12.3 Å². The summed E-state index contributed by atoms with van der Waals surface area (Å²) in [5.41, 5.74) is -2.65. The van der Waals surface area contributed by atoms with E-state index in [2.05, 4.69) is 20.3 Å². The number of hydrogen-bond donors (Lipinski definition) is 3. The lowest BCUT2D eigenvalue weighted by Gasteiger charge is -2.11. The van der Waals surface area contributed by atoms with Crippen molar-refractivity contribution in [2.24, 2.45) is 0 Å². The Balaban J connectivity index is 1.82. The van der Waals surface area contributed by atoms with Crippen molar-refractivity contribution in [2.45, 2.75) is 6.18 Å². The molecule has 6 nitrogen and oxygen atoms in total. The highest BCUT2D eigenvalue weighted by molar-refractivity contribution is 6.33. The van der Waals surface area contributed by atoms with Crippen molar-refractivity contribution < 1.29 is 26.7 Å². The molecule has 0 aliphatic heterocycles. The van der Waals surface area contributed by atoms with Crippen molar-refractivity contribution in [3.8, 4) is 11.3 Å². The third kappa shape index (κ3) is 4.06. The number of amides is 1. The van der Waals surface area contributed by atoms with Gasteiger partial charge in [-0.2, -0.15) is 18.2 Å². The first kappa shape index (κ1) is 21.5. The van der Waals surface area contributed by atoms with Crippen LogP contribution in [0.25, 0.3) is 22.3 Å². The van der Waals surface area contributed by atoms with Gasteiger partial charge in [-0.15, -0.1) is 0 Å². The molecule has 4 rings (SSSR count). The number of rotatable bonds is 3. The minimum Gasteiger partial charge on any atom is -0.344 e. The number of carbonyl (C=O) groups excluding carboxylic acids is 1. The van der Waals surface area contributed by atoms with Crippen LogP contribution in [0.4, 0.5) is 27.6 Å². The highest BCUT2D eigenvalue weighted by Crippen LogP contribution is 2.35. The smallest absolute Gasteiger partial charge is 0.344 e. The van der Waals surface area contributed by atoms with E-state index >= 15 is 0 Å². The number of carbonyl (C=O) groups is 1. The van der Waals surface area contributed by atoms with Gasteiger partial charge in [-0.25, -0.2) is 13.6 Å².